The van der Waals surface area contributed by atoms with Gasteiger partial charge in [0.1, 0.15) is 0 Å². The molecule has 0 radical (unpaired) electrons. The summed E-state index contributed by atoms with van der Waals surface area (Å²) in [5.41, 5.74) is 5.33. The molecule has 0 fully saturated rings. The number of carbonyl (C=O) groups is 1. The molecule has 0 saturated carbocycles. The van der Waals surface area contributed by atoms with Crippen molar-refractivity contribution >= 4 is 17.9 Å². The number of nitrogens with one attached hydrogen (secondary N) is 1. The Morgan fingerprint density at radius 3 is 2.86 bits per heavy atom. The van der Waals surface area contributed by atoms with Crippen LogP contribution in [0.25, 0.3) is 0 Å². The third-order valence-corrected chi connectivity index (χ3v) is 2.36. The largest absolute Gasteiger partial charge is 0.466 e. The van der Waals surface area contributed by atoms with Crippen LogP contribution in [0.3, 0.4) is 0 Å². The maximum atomic E-state index is 11.1. The number of unbranched alkanes of at least 4 members (excludes halogenated alkanes) is 2. The van der Waals surface area contributed by atoms with Crippen molar-refractivity contribution in [1.29, 1.82) is 0 Å². The molecule has 0 heterocycles. The van der Waals surface area contributed by atoms with E-state index in [9.17, 15) is 4.79 Å². The van der Waals surface area contributed by atoms with Gasteiger partial charge in [-0.1, -0.05) is 11.9 Å². The lowest BCUT2D eigenvalue weighted by Gasteiger charge is -2.03. The molecule has 3 N–H and O–H groups in total. The van der Waals surface area contributed by atoms with E-state index in [2.05, 4.69) is 4.72 Å². The van der Waals surface area contributed by atoms with Crippen LogP contribution in [-0.4, -0.2) is 31.9 Å². The summed E-state index contributed by atoms with van der Waals surface area (Å²) in [4.78, 5) is 11.1. The first-order chi connectivity index (χ1) is 6.81. The predicted molar refractivity (Wildman–Crippen MR) is 60.0 cm³/mol. The van der Waals surface area contributed by atoms with Crippen LogP contribution in [0.5, 0.6) is 0 Å². The second-order valence-electron chi connectivity index (χ2n) is 2.87. The van der Waals surface area contributed by atoms with Crippen LogP contribution in [0.4, 0.5) is 0 Å². The molecule has 0 spiro atoms. The predicted octanol–water partition coefficient (Wildman–Crippen LogP) is 0.916. The molecule has 14 heavy (non-hydrogen) atoms. The van der Waals surface area contributed by atoms with Crippen molar-refractivity contribution in [3.63, 3.8) is 0 Å². The maximum absolute atomic E-state index is 11.1. The van der Waals surface area contributed by atoms with Crippen LogP contribution in [0.1, 0.15) is 25.7 Å². The molecule has 0 aliphatic rings. The summed E-state index contributed by atoms with van der Waals surface area (Å²) in [5, 5.41) is 0. The molecule has 0 aromatic rings. The van der Waals surface area contributed by atoms with Gasteiger partial charge in [-0.05, 0) is 32.9 Å². The number of ether oxygens (including phenoxy) is 1. The van der Waals surface area contributed by atoms with Gasteiger partial charge in [-0.15, -0.1) is 0 Å². The Labute approximate surface area is 90.1 Å². The second kappa shape index (κ2) is 10.8. The van der Waals surface area contributed by atoms with E-state index in [-0.39, 0.29) is 5.97 Å². The van der Waals surface area contributed by atoms with Crippen LogP contribution in [-0.2, 0) is 9.53 Å². The zero-order valence-corrected chi connectivity index (χ0v) is 9.57. The van der Waals surface area contributed by atoms with Crippen molar-refractivity contribution in [2.45, 2.75) is 25.7 Å². The van der Waals surface area contributed by atoms with Gasteiger partial charge in [0, 0.05) is 5.75 Å². The van der Waals surface area contributed by atoms with Crippen molar-refractivity contribution in [2.75, 3.05) is 26.0 Å². The van der Waals surface area contributed by atoms with Crippen LogP contribution < -0.4 is 10.5 Å². The molecular formula is C9H20N2O2S. The molecule has 0 rings (SSSR count). The zero-order valence-electron chi connectivity index (χ0n) is 8.75. The highest BCUT2D eigenvalue weighted by atomic mass is 32.2. The summed E-state index contributed by atoms with van der Waals surface area (Å²) in [6, 6.07) is 0. The molecule has 0 unspecified atom stereocenters. The number of carbonyl (C=O) groups excluding carboxylic acids is 1. The van der Waals surface area contributed by atoms with Gasteiger partial charge in [-0.2, -0.15) is 0 Å². The minimum atomic E-state index is -0.111. The normalized spacial score (nSPS) is 10.1. The van der Waals surface area contributed by atoms with Crippen molar-refractivity contribution < 1.29 is 9.53 Å². The number of rotatable bonds is 9. The van der Waals surface area contributed by atoms with Crippen LogP contribution >= 0.6 is 11.9 Å². The molecule has 0 aliphatic heterocycles. The van der Waals surface area contributed by atoms with Crippen molar-refractivity contribution in [3.05, 3.63) is 0 Å². The van der Waals surface area contributed by atoms with E-state index < -0.39 is 0 Å². The van der Waals surface area contributed by atoms with E-state index in [0.29, 0.717) is 19.6 Å². The lowest BCUT2D eigenvalue weighted by atomic mass is 10.2. The molecule has 84 valence electrons. The van der Waals surface area contributed by atoms with Gasteiger partial charge in [0.05, 0.1) is 13.0 Å². The molecular weight excluding hydrogens is 200 g/mol. The SMILES string of the molecule is CNSCCC(=O)OCCCCCN. The highest BCUT2D eigenvalue weighted by Gasteiger charge is 2.01. The first-order valence-electron chi connectivity index (χ1n) is 4.95. The third kappa shape index (κ3) is 9.83. The molecule has 0 aromatic heterocycles. The number of hydrogen-bond donors (Lipinski definition) is 2. The molecule has 4 nitrogen and oxygen atoms in total. The Balaban J connectivity index is 3.10. The van der Waals surface area contributed by atoms with Crippen LogP contribution in [0.2, 0.25) is 0 Å². The van der Waals surface area contributed by atoms with Gasteiger partial charge in [-0.25, -0.2) is 0 Å². The molecule has 0 aliphatic carbocycles. The summed E-state index contributed by atoms with van der Waals surface area (Å²) in [5.74, 6) is 0.651. The summed E-state index contributed by atoms with van der Waals surface area (Å²) in [6.45, 7) is 1.25. The molecule has 5 heteroatoms. The monoisotopic (exact) mass is 220 g/mol. The summed E-state index contributed by atoms with van der Waals surface area (Å²) in [7, 11) is 1.84. The Morgan fingerprint density at radius 2 is 2.21 bits per heavy atom. The summed E-state index contributed by atoms with van der Waals surface area (Å²) in [6.07, 6.45) is 3.44. The van der Waals surface area contributed by atoms with Crippen molar-refractivity contribution in [1.82, 2.24) is 4.72 Å². The van der Waals surface area contributed by atoms with Crippen molar-refractivity contribution in [2.24, 2.45) is 5.73 Å². The number of nitrogens with two attached hydrogens (primary N) is 1. The molecule has 0 atom stereocenters. The van der Waals surface area contributed by atoms with Crippen LogP contribution in [0, 0.1) is 0 Å². The molecule has 0 bridgehead atoms. The molecule has 0 aromatic carbocycles. The standard InChI is InChI=1S/C9H20N2O2S/c1-11-14-8-5-9(12)13-7-4-2-3-6-10/h11H,2-8,10H2,1H3. The van der Waals surface area contributed by atoms with E-state index >= 15 is 0 Å². The fraction of sp³-hybridized carbons (Fsp3) is 0.889. The van der Waals surface area contributed by atoms with E-state index in [1.807, 2.05) is 7.05 Å². The topological polar surface area (TPSA) is 64.3 Å². The lowest BCUT2D eigenvalue weighted by Crippen LogP contribution is -2.08. The van der Waals surface area contributed by atoms with Gasteiger partial charge in [0.25, 0.3) is 0 Å². The van der Waals surface area contributed by atoms with Gasteiger partial charge in [0.15, 0.2) is 0 Å². The summed E-state index contributed by atoms with van der Waals surface area (Å²) >= 11 is 1.52. The third-order valence-electron chi connectivity index (χ3n) is 1.66. The molecule has 0 amide bonds. The van der Waals surface area contributed by atoms with E-state index in [1.165, 1.54) is 11.9 Å². The fourth-order valence-corrected chi connectivity index (χ4v) is 1.39. The zero-order chi connectivity index (χ0) is 10.6. The van der Waals surface area contributed by atoms with Gasteiger partial charge < -0.3 is 10.5 Å². The highest BCUT2D eigenvalue weighted by molar-refractivity contribution is 7.97. The van der Waals surface area contributed by atoms with E-state index in [0.717, 1.165) is 25.0 Å². The Hall–Kier alpha value is -0.260. The van der Waals surface area contributed by atoms with E-state index in [4.69, 9.17) is 10.5 Å². The summed E-state index contributed by atoms with van der Waals surface area (Å²) < 4.78 is 7.92. The average Bonchev–Trinajstić information content (AvgIpc) is 2.18. The minimum absolute atomic E-state index is 0.111. The average molecular weight is 220 g/mol. The quantitative estimate of drug-likeness (QED) is 0.343. The van der Waals surface area contributed by atoms with Gasteiger partial charge in [0.2, 0.25) is 0 Å². The Bertz CT molecular complexity index is 145. The van der Waals surface area contributed by atoms with Crippen molar-refractivity contribution in [3.8, 4) is 0 Å². The highest BCUT2D eigenvalue weighted by Crippen LogP contribution is 1.99. The van der Waals surface area contributed by atoms with Crippen LogP contribution in [0.15, 0.2) is 0 Å². The lowest BCUT2D eigenvalue weighted by molar-refractivity contribution is -0.143. The van der Waals surface area contributed by atoms with Gasteiger partial charge in [-0.3, -0.25) is 9.52 Å². The first-order valence-corrected chi connectivity index (χ1v) is 5.94. The Kier molecular flexibility index (Phi) is 10.6. The van der Waals surface area contributed by atoms with E-state index in [1.54, 1.807) is 0 Å². The van der Waals surface area contributed by atoms with Gasteiger partial charge >= 0.3 is 5.97 Å². The Morgan fingerprint density at radius 1 is 1.43 bits per heavy atom. The first kappa shape index (κ1) is 13.7. The smallest absolute Gasteiger partial charge is 0.306 e. The molecule has 0 saturated heterocycles. The maximum Gasteiger partial charge on any atom is 0.306 e. The number of hydrogen-bond acceptors (Lipinski definition) is 5. The minimum Gasteiger partial charge on any atom is -0.466 e. The second-order valence-corrected chi connectivity index (χ2v) is 3.98. The number of esters is 1. The fourth-order valence-electron chi connectivity index (χ4n) is 0.918.